The van der Waals surface area contributed by atoms with Crippen LogP contribution < -0.4 is 4.74 Å². The van der Waals surface area contributed by atoms with Crippen LogP contribution >= 0.6 is 0 Å². The molecule has 0 bridgehead atoms. The van der Waals surface area contributed by atoms with Gasteiger partial charge in [-0.3, -0.25) is 9.89 Å². The highest BCUT2D eigenvalue weighted by atomic mass is 16.5. The lowest BCUT2D eigenvalue weighted by Crippen LogP contribution is -2.28. The second-order valence-corrected chi connectivity index (χ2v) is 7.52. The van der Waals surface area contributed by atoms with Gasteiger partial charge in [0.05, 0.1) is 5.69 Å². The summed E-state index contributed by atoms with van der Waals surface area (Å²) < 4.78 is 10.5. The topological polar surface area (TPSA) is 97.1 Å². The molecule has 0 aliphatic heterocycles. The van der Waals surface area contributed by atoms with Crippen LogP contribution in [0.1, 0.15) is 34.2 Å². The number of hydrogen-bond acceptors (Lipinski definition) is 6. The summed E-state index contributed by atoms with van der Waals surface area (Å²) in [4.78, 5) is 18.5. The van der Waals surface area contributed by atoms with Gasteiger partial charge in [-0.2, -0.15) is 10.1 Å². The van der Waals surface area contributed by atoms with Crippen LogP contribution in [-0.4, -0.2) is 44.7 Å². The molecule has 2 heterocycles. The lowest BCUT2D eigenvalue weighted by Gasteiger charge is -2.17. The lowest BCUT2D eigenvalue weighted by atomic mass is 10.1. The number of aromatic nitrogens is 4. The zero-order valence-electron chi connectivity index (χ0n) is 18.1. The van der Waals surface area contributed by atoms with Crippen molar-refractivity contribution in [3.05, 3.63) is 83.6 Å². The average Bonchev–Trinajstić information content (AvgIpc) is 3.47. The number of carbonyl (C=O) groups excluding carboxylic acids is 1. The summed E-state index contributed by atoms with van der Waals surface area (Å²) in [6.07, 6.45) is 1.66. The first-order chi connectivity index (χ1) is 15.6. The van der Waals surface area contributed by atoms with Crippen molar-refractivity contribution in [2.45, 2.75) is 26.4 Å². The molecule has 1 N–H and O–H groups in total. The molecular formula is C24H25N5O3. The van der Waals surface area contributed by atoms with Crippen LogP contribution in [0.2, 0.25) is 0 Å². The maximum Gasteiger partial charge on any atom is 0.253 e. The monoisotopic (exact) mass is 431 g/mol. The van der Waals surface area contributed by atoms with E-state index in [0.717, 1.165) is 29.8 Å². The smallest absolute Gasteiger partial charge is 0.253 e. The maximum absolute atomic E-state index is 12.7. The van der Waals surface area contributed by atoms with E-state index in [-0.39, 0.29) is 12.5 Å². The van der Waals surface area contributed by atoms with Crippen LogP contribution in [0.25, 0.3) is 11.3 Å². The van der Waals surface area contributed by atoms with E-state index in [9.17, 15) is 4.79 Å². The number of amides is 1. The first kappa shape index (κ1) is 21.3. The lowest BCUT2D eigenvalue weighted by molar-refractivity contribution is 0.0793. The summed E-state index contributed by atoms with van der Waals surface area (Å²) in [5.74, 6) is 1.59. The number of benzene rings is 2. The van der Waals surface area contributed by atoms with Gasteiger partial charge < -0.3 is 14.2 Å². The van der Waals surface area contributed by atoms with Gasteiger partial charge in [0.15, 0.2) is 6.61 Å². The van der Waals surface area contributed by atoms with E-state index in [1.807, 2.05) is 37.4 Å². The number of ether oxygens (including phenoxy) is 1. The predicted octanol–water partition coefficient (Wildman–Crippen LogP) is 4.05. The molecule has 0 saturated carbocycles. The van der Waals surface area contributed by atoms with Gasteiger partial charge in [0.2, 0.25) is 11.7 Å². The fourth-order valence-electron chi connectivity index (χ4n) is 3.32. The minimum atomic E-state index is -0.0278. The third-order valence-corrected chi connectivity index (χ3v) is 5.03. The minimum absolute atomic E-state index is 0.0278. The normalized spacial score (nSPS) is 10.8. The molecule has 8 heteroatoms. The molecule has 2 aromatic heterocycles. The summed E-state index contributed by atoms with van der Waals surface area (Å²) >= 11 is 0. The molecule has 0 atom stereocenters. The van der Waals surface area contributed by atoms with E-state index in [2.05, 4.69) is 26.4 Å². The van der Waals surface area contributed by atoms with Gasteiger partial charge in [-0.25, -0.2) is 0 Å². The quantitative estimate of drug-likeness (QED) is 0.429. The number of nitrogens with one attached hydrogen (secondary N) is 1. The summed E-state index contributed by atoms with van der Waals surface area (Å²) in [5.41, 5.74) is 3.69. The van der Waals surface area contributed by atoms with Crippen molar-refractivity contribution in [3.8, 4) is 17.0 Å². The molecule has 4 aromatic rings. The maximum atomic E-state index is 12.7. The summed E-state index contributed by atoms with van der Waals surface area (Å²) in [6, 6.07) is 19.2. The SMILES string of the molecule is Cc1nc(COc2ccc(C(=O)N(C)CCCc3cc(-c4ccccc4)n[nH]3)cc2)no1. The second-order valence-electron chi connectivity index (χ2n) is 7.52. The second kappa shape index (κ2) is 9.91. The van der Waals surface area contributed by atoms with Crippen molar-refractivity contribution in [2.75, 3.05) is 13.6 Å². The van der Waals surface area contributed by atoms with Crippen LogP contribution in [-0.2, 0) is 13.0 Å². The molecule has 0 aliphatic rings. The van der Waals surface area contributed by atoms with Crippen LogP contribution in [0.4, 0.5) is 0 Å². The molecule has 32 heavy (non-hydrogen) atoms. The Morgan fingerprint density at radius 1 is 1.12 bits per heavy atom. The van der Waals surface area contributed by atoms with Gasteiger partial charge >= 0.3 is 0 Å². The van der Waals surface area contributed by atoms with E-state index >= 15 is 0 Å². The van der Waals surface area contributed by atoms with Crippen molar-refractivity contribution < 1.29 is 14.1 Å². The van der Waals surface area contributed by atoms with Crippen molar-refractivity contribution >= 4 is 5.91 Å². The highest BCUT2D eigenvalue weighted by Gasteiger charge is 2.12. The molecule has 1 amide bonds. The largest absolute Gasteiger partial charge is 0.485 e. The number of nitrogens with zero attached hydrogens (tertiary/aromatic N) is 4. The minimum Gasteiger partial charge on any atom is -0.485 e. The van der Waals surface area contributed by atoms with Gasteiger partial charge in [0.25, 0.3) is 5.91 Å². The van der Waals surface area contributed by atoms with Crippen LogP contribution in [0, 0.1) is 6.92 Å². The van der Waals surface area contributed by atoms with Gasteiger partial charge in [0, 0.05) is 37.3 Å². The van der Waals surface area contributed by atoms with Crippen LogP contribution in [0.15, 0.2) is 65.2 Å². The van der Waals surface area contributed by atoms with Crippen LogP contribution in [0.5, 0.6) is 5.75 Å². The summed E-state index contributed by atoms with van der Waals surface area (Å²) in [6.45, 7) is 2.59. The Hall–Kier alpha value is -3.94. The number of carbonyl (C=O) groups is 1. The van der Waals surface area contributed by atoms with E-state index in [0.29, 0.717) is 29.6 Å². The third kappa shape index (κ3) is 5.40. The van der Waals surface area contributed by atoms with E-state index in [1.54, 1.807) is 36.1 Å². The Balaban J connectivity index is 1.24. The Bertz CT molecular complexity index is 1150. The Morgan fingerprint density at radius 3 is 2.62 bits per heavy atom. The molecular weight excluding hydrogens is 406 g/mol. The predicted molar refractivity (Wildman–Crippen MR) is 119 cm³/mol. The Kier molecular flexibility index (Phi) is 6.60. The number of hydrogen-bond donors (Lipinski definition) is 1. The van der Waals surface area contributed by atoms with Crippen molar-refractivity contribution in [2.24, 2.45) is 0 Å². The number of rotatable bonds is 9. The first-order valence-electron chi connectivity index (χ1n) is 10.5. The van der Waals surface area contributed by atoms with E-state index < -0.39 is 0 Å². The van der Waals surface area contributed by atoms with Gasteiger partial charge in [-0.1, -0.05) is 35.5 Å². The van der Waals surface area contributed by atoms with Crippen molar-refractivity contribution in [1.29, 1.82) is 0 Å². The van der Waals surface area contributed by atoms with Gasteiger partial charge in [0.1, 0.15) is 5.75 Å². The standard InChI is InChI=1S/C24H25N5O3/c1-17-25-23(28-32-17)16-31-21-12-10-19(11-13-21)24(30)29(2)14-6-9-20-15-22(27-26-20)18-7-4-3-5-8-18/h3-5,7-8,10-13,15H,6,9,14,16H2,1-2H3,(H,26,27). The zero-order chi connectivity index (χ0) is 22.3. The molecule has 8 nitrogen and oxygen atoms in total. The molecule has 0 aliphatic carbocycles. The van der Waals surface area contributed by atoms with Crippen molar-refractivity contribution in [1.82, 2.24) is 25.2 Å². The van der Waals surface area contributed by atoms with Gasteiger partial charge in [-0.05, 0) is 43.2 Å². The summed E-state index contributed by atoms with van der Waals surface area (Å²) in [7, 11) is 1.81. The number of H-pyrrole nitrogens is 1. The highest BCUT2D eigenvalue weighted by Crippen LogP contribution is 2.18. The fourth-order valence-corrected chi connectivity index (χ4v) is 3.32. The molecule has 0 fully saturated rings. The third-order valence-electron chi connectivity index (χ3n) is 5.03. The summed E-state index contributed by atoms with van der Waals surface area (Å²) in [5, 5.41) is 11.3. The molecule has 0 radical (unpaired) electrons. The molecule has 4 rings (SSSR count). The molecule has 0 saturated heterocycles. The zero-order valence-corrected chi connectivity index (χ0v) is 18.1. The first-order valence-corrected chi connectivity index (χ1v) is 10.5. The number of aromatic amines is 1. The van der Waals surface area contributed by atoms with E-state index in [4.69, 9.17) is 9.26 Å². The highest BCUT2D eigenvalue weighted by molar-refractivity contribution is 5.94. The molecule has 164 valence electrons. The Morgan fingerprint density at radius 2 is 1.91 bits per heavy atom. The average molecular weight is 431 g/mol. The molecule has 0 unspecified atom stereocenters. The van der Waals surface area contributed by atoms with E-state index in [1.165, 1.54) is 0 Å². The van der Waals surface area contributed by atoms with Gasteiger partial charge in [-0.15, -0.1) is 0 Å². The fraction of sp³-hybridized carbons (Fsp3) is 0.250. The van der Waals surface area contributed by atoms with Crippen molar-refractivity contribution in [3.63, 3.8) is 0 Å². The van der Waals surface area contributed by atoms with Crippen LogP contribution in [0.3, 0.4) is 0 Å². The molecule has 0 spiro atoms. The molecule has 2 aromatic carbocycles. The number of aryl methyl sites for hydroxylation is 2. The Labute approximate surface area is 186 Å².